The lowest BCUT2D eigenvalue weighted by molar-refractivity contribution is -0.157. The van der Waals surface area contributed by atoms with E-state index in [0.717, 1.165) is 10.0 Å². The van der Waals surface area contributed by atoms with Crippen molar-refractivity contribution in [2.45, 2.75) is 77.0 Å². The largest absolute Gasteiger partial charge is 0.459 e. The minimum Gasteiger partial charge on any atom is -0.459 e. The number of carbonyl (C=O) groups excluding carboxylic acids is 1. The summed E-state index contributed by atoms with van der Waals surface area (Å²) in [5, 5.41) is 4.08. The molecule has 3 N–H and O–H groups in total. The lowest BCUT2D eigenvalue weighted by Crippen LogP contribution is -2.50. The summed E-state index contributed by atoms with van der Waals surface area (Å²) >= 11 is 16.2. The zero-order valence-electron chi connectivity index (χ0n) is 21.0. The fraction of sp³-hybridized carbons (Fsp3) is 0.519. The highest BCUT2D eigenvalue weighted by Crippen LogP contribution is 2.53. The predicted octanol–water partition coefficient (Wildman–Crippen LogP) is 6.99. The number of ether oxygens (including phenoxy) is 1. The fourth-order valence-corrected chi connectivity index (χ4v) is 6.45. The Morgan fingerprint density at radius 3 is 2.37 bits per heavy atom. The molecular formula is C27H34BrCl2FN2O2. The molecule has 3 rings (SSSR count). The number of rotatable bonds is 5. The molecule has 0 spiro atoms. The number of nitrogens with one attached hydrogen (secondary N) is 1. The van der Waals surface area contributed by atoms with E-state index in [1.54, 1.807) is 24.3 Å². The van der Waals surface area contributed by atoms with Crippen LogP contribution >= 0.6 is 39.1 Å². The summed E-state index contributed by atoms with van der Waals surface area (Å²) in [6, 6.07) is 9.25. The third-order valence-corrected chi connectivity index (χ3v) is 7.64. The third-order valence-electron chi connectivity index (χ3n) is 6.45. The lowest BCUT2D eigenvalue weighted by Gasteiger charge is -2.42. The molecule has 1 fully saturated rings. The Hall–Kier alpha value is -1.18. The minimum absolute atomic E-state index is 0.00852. The molecule has 2 aromatic carbocycles. The molecule has 0 bridgehead atoms. The summed E-state index contributed by atoms with van der Waals surface area (Å²) in [6.45, 7) is 12.0. The van der Waals surface area contributed by atoms with E-state index in [0.29, 0.717) is 17.0 Å². The molecule has 1 saturated heterocycles. The maximum absolute atomic E-state index is 15.7. The summed E-state index contributed by atoms with van der Waals surface area (Å²) in [7, 11) is 0. The zero-order valence-corrected chi connectivity index (χ0v) is 24.1. The Morgan fingerprint density at radius 1 is 1.17 bits per heavy atom. The van der Waals surface area contributed by atoms with Crippen molar-refractivity contribution in [3.63, 3.8) is 0 Å². The Labute approximate surface area is 226 Å². The van der Waals surface area contributed by atoms with Crippen LogP contribution < -0.4 is 11.1 Å². The highest BCUT2D eigenvalue weighted by atomic mass is 79.9. The Kier molecular flexibility index (Phi) is 8.35. The topological polar surface area (TPSA) is 64.3 Å². The van der Waals surface area contributed by atoms with Gasteiger partial charge in [-0.3, -0.25) is 4.79 Å². The summed E-state index contributed by atoms with van der Waals surface area (Å²) in [5.74, 6) is -1.71. The molecule has 0 unspecified atom stereocenters. The molecule has 0 radical (unpaired) electrons. The van der Waals surface area contributed by atoms with Crippen LogP contribution in [0.1, 0.15) is 65.0 Å². The number of hydrogen-bond acceptors (Lipinski definition) is 4. The van der Waals surface area contributed by atoms with Gasteiger partial charge in [-0.25, -0.2) is 4.39 Å². The molecule has 0 saturated carbocycles. The van der Waals surface area contributed by atoms with Crippen LogP contribution in [0.25, 0.3) is 0 Å². The second-order valence-corrected chi connectivity index (χ2v) is 13.2. The van der Waals surface area contributed by atoms with Gasteiger partial charge in [0.15, 0.2) is 0 Å². The number of nitrogens with two attached hydrogens (primary N) is 1. The predicted molar refractivity (Wildman–Crippen MR) is 145 cm³/mol. The van der Waals surface area contributed by atoms with Crippen LogP contribution in [0.2, 0.25) is 10.0 Å². The van der Waals surface area contributed by atoms with E-state index in [2.05, 4.69) is 42.0 Å². The smallest absolute Gasteiger partial charge is 0.324 e. The second-order valence-electron chi connectivity index (χ2n) is 11.5. The molecule has 0 amide bonds. The van der Waals surface area contributed by atoms with Gasteiger partial charge in [0.25, 0.3) is 0 Å². The van der Waals surface area contributed by atoms with Crippen LogP contribution in [-0.4, -0.2) is 30.2 Å². The Morgan fingerprint density at radius 2 is 1.83 bits per heavy atom. The van der Waals surface area contributed by atoms with Crippen LogP contribution in [0, 0.1) is 11.2 Å². The summed E-state index contributed by atoms with van der Waals surface area (Å²) in [4.78, 5) is 13.6. The first kappa shape index (κ1) is 28.4. The normalized spacial score (nSPS) is 25.1. The SMILES string of the molecule is CC(C)(C)C[C@@H]1N[C@@H](C(=O)OC(C)(C)C)[C@H](c2cccc(Cl)c2F)[C@]1(CN)c1ccc(Cl)cc1Br. The van der Waals surface area contributed by atoms with Crippen molar-refractivity contribution in [1.29, 1.82) is 0 Å². The van der Waals surface area contributed by atoms with E-state index < -0.39 is 34.8 Å². The molecule has 1 aliphatic heterocycles. The van der Waals surface area contributed by atoms with Crippen LogP contribution in [0.5, 0.6) is 0 Å². The summed E-state index contributed by atoms with van der Waals surface area (Å²) in [5.41, 5.74) is 6.09. The van der Waals surface area contributed by atoms with Crippen molar-refractivity contribution in [2.75, 3.05) is 6.54 Å². The molecule has 2 aromatic rings. The van der Waals surface area contributed by atoms with Gasteiger partial charge < -0.3 is 15.8 Å². The van der Waals surface area contributed by atoms with E-state index >= 15 is 4.39 Å². The fourth-order valence-electron chi connectivity index (χ4n) is 5.22. The maximum atomic E-state index is 15.7. The first-order chi connectivity index (χ1) is 16.1. The van der Waals surface area contributed by atoms with E-state index in [-0.39, 0.29) is 23.0 Å². The van der Waals surface area contributed by atoms with Crippen LogP contribution in [0.4, 0.5) is 4.39 Å². The van der Waals surface area contributed by atoms with Gasteiger partial charge in [-0.1, -0.05) is 78.1 Å². The van der Waals surface area contributed by atoms with Crippen molar-refractivity contribution in [2.24, 2.45) is 11.1 Å². The van der Waals surface area contributed by atoms with Gasteiger partial charge in [-0.15, -0.1) is 0 Å². The average Bonchev–Trinajstić information content (AvgIpc) is 3.02. The number of halogens is 4. The molecule has 1 heterocycles. The molecular weight excluding hydrogens is 554 g/mol. The van der Waals surface area contributed by atoms with E-state index in [1.165, 1.54) is 6.07 Å². The molecule has 0 aliphatic carbocycles. The first-order valence-corrected chi connectivity index (χ1v) is 13.2. The Balaban J connectivity index is 2.35. The average molecular weight is 588 g/mol. The van der Waals surface area contributed by atoms with Gasteiger partial charge in [-0.2, -0.15) is 0 Å². The van der Waals surface area contributed by atoms with Gasteiger partial charge in [0.2, 0.25) is 0 Å². The molecule has 0 aromatic heterocycles. The van der Waals surface area contributed by atoms with Gasteiger partial charge in [0.1, 0.15) is 17.5 Å². The van der Waals surface area contributed by atoms with Crippen LogP contribution in [0.15, 0.2) is 40.9 Å². The van der Waals surface area contributed by atoms with E-state index in [9.17, 15) is 4.79 Å². The molecule has 4 nitrogen and oxygen atoms in total. The summed E-state index contributed by atoms with van der Waals surface area (Å²) in [6.07, 6.45) is 0.678. The molecule has 35 heavy (non-hydrogen) atoms. The Bertz CT molecular complexity index is 1100. The van der Waals surface area contributed by atoms with E-state index in [1.807, 2.05) is 26.8 Å². The van der Waals surface area contributed by atoms with Gasteiger partial charge in [0, 0.05) is 33.4 Å². The molecule has 4 atom stereocenters. The third kappa shape index (κ3) is 5.88. The summed E-state index contributed by atoms with van der Waals surface area (Å²) < 4.78 is 22.2. The lowest BCUT2D eigenvalue weighted by atomic mass is 9.62. The van der Waals surface area contributed by atoms with Crippen molar-refractivity contribution >= 4 is 45.1 Å². The highest BCUT2D eigenvalue weighted by Gasteiger charge is 2.60. The van der Waals surface area contributed by atoms with E-state index in [4.69, 9.17) is 33.7 Å². The number of hydrogen-bond donors (Lipinski definition) is 2. The second kappa shape index (κ2) is 10.3. The van der Waals surface area contributed by atoms with Gasteiger partial charge >= 0.3 is 5.97 Å². The zero-order chi connectivity index (χ0) is 26.3. The van der Waals surface area contributed by atoms with Crippen molar-refractivity contribution < 1.29 is 13.9 Å². The van der Waals surface area contributed by atoms with Gasteiger partial charge in [-0.05, 0) is 61.9 Å². The molecule has 192 valence electrons. The van der Waals surface area contributed by atoms with Gasteiger partial charge in [0.05, 0.1) is 5.02 Å². The quantitative estimate of drug-likeness (QED) is 0.370. The number of esters is 1. The van der Waals surface area contributed by atoms with Crippen LogP contribution in [0.3, 0.4) is 0 Å². The first-order valence-electron chi connectivity index (χ1n) is 11.7. The van der Waals surface area contributed by atoms with Crippen LogP contribution in [-0.2, 0) is 14.9 Å². The molecule has 1 aliphatic rings. The molecule has 8 heteroatoms. The standard InChI is InChI=1S/C27H34BrCl2FN2O2/c1-25(2,3)13-20-27(14-32,17-11-10-15(29)12-18(17)28)21(16-8-7-9-19(30)22(16)31)23(33-20)24(34)35-26(4,5)6/h7-12,20-21,23,33H,13-14,32H2,1-6H3/t20-,21-,23+,27+/m0/s1. The van der Waals surface area contributed by atoms with Crippen molar-refractivity contribution in [3.8, 4) is 0 Å². The number of benzene rings is 2. The van der Waals surface area contributed by atoms with Crippen molar-refractivity contribution in [1.82, 2.24) is 5.32 Å². The van der Waals surface area contributed by atoms with Crippen molar-refractivity contribution in [3.05, 3.63) is 67.9 Å². The minimum atomic E-state index is -0.871. The number of carbonyl (C=O) groups is 1. The maximum Gasteiger partial charge on any atom is 0.324 e. The highest BCUT2D eigenvalue weighted by molar-refractivity contribution is 9.10. The monoisotopic (exact) mass is 586 g/mol.